The monoisotopic (exact) mass is 446 g/mol. The summed E-state index contributed by atoms with van der Waals surface area (Å²) in [5.41, 5.74) is 0.971. The van der Waals surface area contributed by atoms with Crippen LogP contribution in [0.5, 0.6) is 0 Å². The molecule has 0 aliphatic carbocycles. The molecule has 0 saturated carbocycles. The summed E-state index contributed by atoms with van der Waals surface area (Å²) in [4.78, 5) is 14.8. The van der Waals surface area contributed by atoms with Crippen LogP contribution in [0.4, 0.5) is 0 Å². The van der Waals surface area contributed by atoms with E-state index in [-0.39, 0.29) is 29.2 Å². The fourth-order valence-corrected chi connectivity index (χ4v) is 6.02. The van der Waals surface area contributed by atoms with Gasteiger partial charge in [0.25, 0.3) is 0 Å². The molecule has 3 aromatic rings. The molecule has 1 aliphatic rings. The number of carbonyl (C=O) groups is 1. The molecule has 1 fully saturated rings. The van der Waals surface area contributed by atoms with Crippen molar-refractivity contribution < 1.29 is 17.6 Å². The molecule has 1 atom stereocenters. The lowest BCUT2D eigenvalue weighted by Gasteiger charge is -2.28. The number of benzene rings is 1. The van der Waals surface area contributed by atoms with Crippen LogP contribution in [0.25, 0.3) is 11.6 Å². The van der Waals surface area contributed by atoms with Crippen molar-refractivity contribution in [3.05, 3.63) is 54.3 Å². The molecule has 30 heavy (non-hydrogen) atoms. The average molecular weight is 447 g/mol. The fourth-order valence-electron chi connectivity index (χ4n) is 3.49. The van der Waals surface area contributed by atoms with Crippen molar-refractivity contribution in [1.29, 1.82) is 0 Å². The summed E-state index contributed by atoms with van der Waals surface area (Å²) in [7, 11) is -1.28. The Hall–Kier alpha value is -2.59. The second kappa shape index (κ2) is 8.65. The van der Waals surface area contributed by atoms with Crippen molar-refractivity contribution >= 4 is 27.5 Å². The van der Waals surface area contributed by atoms with Crippen LogP contribution in [0.3, 0.4) is 0 Å². The Morgan fingerprint density at radius 3 is 2.70 bits per heavy atom. The maximum absolute atomic E-state index is 13.1. The zero-order valence-electron chi connectivity index (χ0n) is 16.5. The van der Waals surface area contributed by atoms with Crippen LogP contribution in [0, 0.1) is 0 Å². The van der Waals surface area contributed by atoms with Gasteiger partial charge in [0, 0.05) is 19.6 Å². The zero-order valence-corrected chi connectivity index (χ0v) is 18.1. The topological polar surface area (TPSA) is 98.3 Å². The first-order chi connectivity index (χ1) is 14.4. The molecule has 0 radical (unpaired) electrons. The average Bonchev–Trinajstić information content (AvgIpc) is 3.45. The van der Waals surface area contributed by atoms with E-state index in [4.69, 9.17) is 4.42 Å². The molecule has 1 amide bonds. The van der Waals surface area contributed by atoms with Gasteiger partial charge in [0.05, 0.1) is 23.5 Å². The summed E-state index contributed by atoms with van der Waals surface area (Å²) in [6.07, 6.45) is 2.04. The summed E-state index contributed by atoms with van der Waals surface area (Å²) < 4.78 is 31.1. The Balaban J connectivity index is 1.48. The van der Waals surface area contributed by atoms with Crippen molar-refractivity contribution in [2.75, 3.05) is 17.3 Å². The number of aromatic nitrogens is 3. The van der Waals surface area contributed by atoms with E-state index in [1.54, 1.807) is 27.9 Å². The van der Waals surface area contributed by atoms with Gasteiger partial charge >= 0.3 is 0 Å². The zero-order chi connectivity index (χ0) is 21.1. The number of rotatable bonds is 7. The molecule has 0 unspecified atom stereocenters. The molecular weight excluding hydrogens is 424 g/mol. The van der Waals surface area contributed by atoms with Crippen LogP contribution in [-0.2, 0) is 28.2 Å². The van der Waals surface area contributed by atoms with Gasteiger partial charge in [-0.3, -0.25) is 4.79 Å². The predicted molar refractivity (Wildman–Crippen MR) is 113 cm³/mol. The Morgan fingerprint density at radius 1 is 1.23 bits per heavy atom. The third-order valence-electron chi connectivity index (χ3n) is 5.07. The molecule has 158 valence electrons. The molecule has 2 aromatic heterocycles. The van der Waals surface area contributed by atoms with E-state index in [2.05, 4.69) is 10.2 Å². The van der Waals surface area contributed by atoms with Crippen LogP contribution < -0.4 is 0 Å². The number of thioether (sulfide) groups is 1. The van der Waals surface area contributed by atoms with E-state index in [9.17, 15) is 13.2 Å². The molecule has 0 spiro atoms. The largest absolute Gasteiger partial charge is 0.461 e. The molecule has 3 heterocycles. The van der Waals surface area contributed by atoms with Gasteiger partial charge in [-0.2, -0.15) is 0 Å². The molecule has 1 aromatic carbocycles. The maximum atomic E-state index is 13.1. The number of carbonyl (C=O) groups excluding carboxylic acids is 1. The van der Waals surface area contributed by atoms with Gasteiger partial charge in [0.15, 0.2) is 26.6 Å². The second-order valence-corrected chi connectivity index (χ2v) is 10.4. The van der Waals surface area contributed by atoms with E-state index in [1.807, 2.05) is 37.4 Å². The highest BCUT2D eigenvalue weighted by molar-refractivity contribution is 7.99. The molecule has 1 saturated heterocycles. The first-order valence-corrected chi connectivity index (χ1v) is 12.3. The number of nitrogens with zero attached hydrogens (tertiary/aromatic N) is 4. The molecule has 8 nitrogen and oxygen atoms in total. The molecular formula is C20H22N4O4S2. The lowest BCUT2D eigenvalue weighted by atomic mass is 10.1. The van der Waals surface area contributed by atoms with Gasteiger partial charge in [-0.15, -0.1) is 10.2 Å². The second-order valence-electron chi connectivity index (χ2n) is 7.20. The summed E-state index contributed by atoms with van der Waals surface area (Å²) in [5, 5.41) is 8.89. The third-order valence-corrected chi connectivity index (χ3v) is 7.82. The first-order valence-electron chi connectivity index (χ1n) is 9.53. The minimum Gasteiger partial charge on any atom is -0.461 e. The lowest BCUT2D eigenvalue weighted by Crippen LogP contribution is -2.41. The SMILES string of the molecule is Cn1c(SCC(=O)N(Cc2ccccc2)[C@@H]2CCS(=O)(=O)C2)nnc1-c1ccco1. The number of hydrogen-bond donors (Lipinski definition) is 0. The fraction of sp³-hybridized carbons (Fsp3) is 0.350. The number of hydrogen-bond acceptors (Lipinski definition) is 7. The van der Waals surface area contributed by atoms with Crippen molar-refractivity contribution in [2.24, 2.45) is 7.05 Å². The molecule has 10 heteroatoms. The molecule has 1 aliphatic heterocycles. The highest BCUT2D eigenvalue weighted by atomic mass is 32.2. The number of sulfone groups is 1. The Bertz CT molecular complexity index is 1110. The standard InChI is InChI=1S/C20H22N4O4S2/c1-23-19(17-8-5-10-28-17)21-22-20(23)29-13-18(25)24(12-15-6-3-2-4-7-15)16-9-11-30(26,27)14-16/h2-8,10,16H,9,11-14H2,1H3/t16-/m1/s1. The predicted octanol–water partition coefficient (Wildman–Crippen LogP) is 2.38. The minimum atomic E-state index is -3.10. The van der Waals surface area contributed by atoms with E-state index >= 15 is 0 Å². The van der Waals surface area contributed by atoms with Crippen molar-refractivity contribution in [3.8, 4) is 11.6 Å². The number of furan rings is 1. The Morgan fingerprint density at radius 2 is 2.03 bits per heavy atom. The van der Waals surface area contributed by atoms with E-state index in [0.29, 0.717) is 29.7 Å². The Kier molecular flexibility index (Phi) is 5.96. The summed E-state index contributed by atoms with van der Waals surface area (Å²) in [6.45, 7) is 0.386. The number of amides is 1. The maximum Gasteiger partial charge on any atom is 0.233 e. The highest BCUT2D eigenvalue weighted by Gasteiger charge is 2.34. The highest BCUT2D eigenvalue weighted by Crippen LogP contribution is 2.25. The molecule has 4 rings (SSSR count). The normalized spacial score (nSPS) is 17.8. The van der Waals surface area contributed by atoms with Gasteiger partial charge in [-0.05, 0) is 24.1 Å². The summed E-state index contributed by atoms with van der Waals surface area (Å²) >= 11 is 1.28. The lowest BCUT2D eigenvalue weighted by molar-refractivity contribution is -0.130. The summed E-state index contributed by atoms with van der Waals surface area (Å²) in [6, 6.07) is 12.9. The summed E-state index contributed by atoms with van der Waals surface area (Å²) in [5.74, 6) is 1.35. The first kappa shape index (κ1) is 20.7. The smallest absolute Gasteiger partial charge is 0.233 e. The van der Waals surface area contributed by atoms with Crippen molar-refractivity contribution in [2.45, 2.75) is 24.2 Å². The van der Waals surface area contributed by atoms with Gasteiger partial charge < -0.3 is 13.9 Å². The van der Waals surface area contributed by atoms with Gasteiger partial charge in [-0.1, -0.05) is 42.1 Å². The van der Waals surface area contributed by atoms with E-state index in [0.717, 1.165) is 5.56 Å². The van der Waals surface area contributed by atoms with Crippen LogP contribution in [0.15, 0.2) is 58.3 Å². The molecule has 0 N–H and O–H groups in total. The van der Waals surface area contributed by atoms with Crippen LogP contribution >= 0.6 is 11.8 Å². The quantitative estimate of drug-likeness (QED) is 0.514. The molecule has 0 bridgehead atoms. The Labute approximate surface area is 179 Å². The van der Waals surface area contributed by atoms with Gasteiger partial charge in [0.2, 0.25) is 5.91 Å². The minimum absolute atomic E-state index is 0.0167. The van der Waals surface area contributed by atoms with Crippen LogP contribution in [0.2, 0.25) is 0 Å². The van der Waals surface area contributed by atoms with Crippen molar-refractivity contribution in [1.82, 2.24) is 19.7 Å². The van der Waals surface area contributed by atoms with E-state index < -0.39 is 9.84 Å². The van der Waals surface area contributed by atoms with Gasteiger partial charge in [0.1, 0.15) is 0 Å². The van der Waals surface area contributed by atoms with E-state index in [1.165, 1.54) is 11.8 Å². The van der Waals surface area contributed by atoms with Gasteiger partial charge in [-0.25, -0.2) is 8.42 Å². The third kappa shape index (κ3) is 4.59. The van der Waals surface area contributed by atoms with Crippen LogP contribution in [0.1, 0.15) is 12.0 Å². The van der Waals surface area contributed by atoms with Crippen LogP contribution in [-0.4, -0.2) is 57.3 Å². The van der Waals surface area contributed by atoms with Crippen molar-refractivity contribution in [3.63, 3.8) is 0 Å².